The fraction of sp³-hybridized carbons (Fsp3) is 0.855. The van der Waals surface area contributed by atoms with Crippen LogP contribution in [-0.2, 0) is 37.4 Å². The number of carbonyl (C=O) groups excluding carboxylic acids is 4. The number of carbonyl (C=O) groups is 4. The Bertz CT molecular complexity index is 2230. The highest BCUT2D eigenvalue weighted by atomic mass is 28.4. The monoisotopic (exact) mass is 963 g/mol. The molecule has 0 N–H and O–H groups in total. The first-order valence-electron chi connectivity index (χ1n) is 26.1. The molecule has 10 nitrogen and oxygen atoms in total. The summed E-state index contributed by atoms with van der Waals surface area (Å²) in [6.07, 6.45) is 4.05. The zero-order valence-electron chi connectivity index (χ0n) is 45.0. The van der Waals surface area contributed by atoms with Crippen molar-refractivity contribution in [2.75, 3.05) is 0 Å². The van der Waals surface area contributed by atoms with Crippen molar-refractivity contribution in [1.82, 2.24) is 0 Å². The van der Waals surface area contributed by atoms with E-state index in [9.17, 15) is 14.4 Å². The Kier molecular flexibility index (Phi) is 10.7. The fourth-order valence-corrected chi connectivity index (χ4v) is 19.3. The van der Waals surface area contributed by atoms with E-state index in [1.165, 1.54) is 0 Å². The van der Waals surface area contributed by atoms with E-state index in [-0.39, 0.29) is 92.0 Å². The van der Waals surface area contributed by atoms with Crippen molar-refractivity contribution in [3.05, 3.63) is 23.3 Å². The van der Waals surface area contributed by atoms with Crippen molar-refractivity contribution in [1.29, 1.82) is 0 Å². The molecular weight excluding hydrogens is 877 g/mol. The van der Waals surface area contributed by atoms with Gasteiger partial charge in [-0.25, -0.2) is 9.59 Å². The minimum atomic E-state index is -2.21. The van der Waals surface area contributed by atoms with E-state index in [2.05, 4.69) is 156 Å². The van der Waals surface area contributed by atoms with Gasteiger partial charge in [-0.05, 0) is 109 Å². The van der Waals surface area contributed by atoms with Crippen LogP contribution in [0.1, 0.15) is 137 Å². The lowest BCUT2D eigenvalue weighted by atomic mass is 9.58. The molecule has 374 valence electrons. The van der Waals surface area contributed by atoms with Crippen LogP contribution < -0.4 is 0 Å². The van der Waals surface area contributed by atoms with Crippen molar-refractivity contribution >= 4 is 40.5 Å². The highest BCUT2D eigenvalue weighted by Gasteiger charge is 2.83. The molecule has 10 aliphatic rings. The molecule has 6 saturated carbocycles. The maximum absolute atomic E-state index is 15.1. The Hall–Kier alpha value is -2.29. The standard InChI is InChI=1S/C28H44O5Si.C27H42O5Si/c1-14-13-27-15(2)12-18-20(26(18,8)9)19(22(27)29)21(33-34(10,11)25(5,6)7)16(3)23-28(27,17(14)4)32-24(30)31-23;1-14-12-26-15(2)11-17-19(25(17,7)8)18(21(26)28)20(32-33(9,10)24(4,5)6)16(3)22-27(26,13-14)31-23(29)30-22/h13,15-21,23H,12H2,1-11H3;12,15-20,22H,11,13H2,1-10H3/t15-,16+,17+,18-,19-,20-,21-,23-,27+,28-;15-,16+,17-,18-,19-,20-,22-,26+,27-/m11/s1. The van der Waals surface area contributed by atoms with E-state index in [4.69, 9.17) is 27.8 Å². The van der Waals surface area contributed by atoms with Crippen LogP contribution in [0.2, 0.25) is 36.3 Å². The van der Waals surface area contributed by atoms with Crippen molar-refractivity contribution < 1.29 is 47.0 Å². The van der Waals surface area contributed by atoms with Crippen molar-refractivity contribution in [3.8, 4) is 0 Å². The molecule has 2 heterocycles. The molecule has 67 heavy (non-hydrogen) atoms. The summed E-state index contributed by atoms with van der Waals surface area (Å²) in [6.45, 7) is 46.7. The molecule has 0 aromatic rings. The number of ketones is 2. The molecular formula is C55H86O10Si2. The molecule has 2 aliphatic heterocycles. The Morgan fingerprint density at radius 2 is 1.03 bits per heavy atom. The van der Waals surface area contributed by atoms with Gasteiger partial charge in [-0.1, -0.05) is 127 Å². The predicted molar refractivity (Wildman–Crippen MR) is 263 cm³/mol. The van der Waals surface area contributed by atoms with Crippen LogP contribution >= 0.6 is 0 Å². The lowest BCUT2D eigenvalue weighted by Crippen LogP contribution is -2.62. The van der Waals surface area contributed by atoms with Crippen LogP contribution in [0.3, 0.4) is 0 Å². The summed E-state index contributed by atoms with van der Waals surface area (Å²) >= 11 is 0. The first-order valence-corrected chi connectivity index (χ1v) is 31.9. The van der Waals surface area contributed by atoms with Gasteiger partial charge in [-0.15, -0.1) is 0 Å². The van der Waals surface area contributed by atoms with E-state index >= 15 is 4.79 Å². The third-order valence-electron chi connectivity index (χ3n) is 22.4. The molecule has 12 heteroatoms. The highest BCUT2D eigenvalue weighted by molar-refractivity contribution is 6.74. The van der Waals surface area contributed by atoms with Crippen LogP contribution in [0, 0.1) is 86.8 Å². The van der Waals surface area contributed by atoms with Crippen LogP contribution in [0.4, 0.5) is 9.59 Å². The van der Waals surface area contributed by atoms with Gasteiger partial charge in [0.15, 0.2) is 51.6 Å². The Morgan fingerprint density at radius 3 is 1.51 bits per heavy atom. The molecule has 2 saturated heterocycles. The molecule has 8 aliphatic carbocycles. The van der Waals surface area contributed by atoms with Crippen LogP contribution in [0.5, 0.6) is 0 Å². The zero-order chi connectivity index (χ0) is 49.9. The highest BCUT2D eigenvalue weighted by Crippen LogP contribution is 2.76. The molecule has 0 amide bonds. The summed E-state index contributed by atoms with van der Waals surface area (Å²) in [6, 6.07) is 0. The second kappa shape index (κ2) is 14.4. The number of hydrogen-bond acceptors (Lipinski definition) is 10. The molecule has 0 aromatic carbocycles. The van der Waals surface area contributed by atoms with E-state index in [0.29, 0.717) is 24.2 Å². The first-order chi connectivity index (χ1) is 30.5. The van der Waals surface area contributed by atoms with Crippen LogP contribution in [0.25, 0.3) is 0 Å². The molecule has 0 unspecified atom stereocenters. The van der Waals surface area contributed by atoms with Gasteiger partial charge in [0.25, 0.3) is 0 Å². The largest absolute Gasteiger partial charge is 0.509 e. The van der Waals surface area contributed by atoms with E-state index < -0.39 is 63.2 Å². The van der Waals surface area contributed by atoms with Crippen LogP contribution in [0.15, 0.2) is 23.3 Å². The summed E-state index contributed by atoms with van der Waals surface area (Å²) in [5.41, 5.74) is -1.15. The van der Waals surface area contributed by atoms with Gasteiger partial charge in [0.2, 0.25) is 0 Å². The van der Waals surface area contributed by atoms with Crippen molar-refractivity contribution in [3.63, 3.8) is 0 Å². The maximum atomic E-state index is 15.1. The molecule has 8 fully saturated rings. The third kappa shape index (κ3) is 6.15. The van der Waals surface area contributed by atoms with Crippen molar-refractivity contribution in [2.45, 2.75) is 209 Å². The van der Waals surface area contributed by atoms with E-state index in [0.717, 1.165) is 24.0 Å². The smallest absolute Gasteiger partial charge is 0.426 e. The van der Waals surface area contributed by atoms with Gasteiger partial charge >= 0.3 is 12.3 Å². The number of Topliss-reactive ketones (excluding diaryl/α,β-unsaturated/α-hetero) is 2. The summed E-state index contributed by atoms with van der Waals surface area (Å²) in [7, 11) is -4.41. The molecule has 4 spiro atoms. The normalized spacial score (nSPS) is 48.5. The number of hydrogen-bond donors (Lipinski definition) is 0. The molecule has 0 radical (unpaired) electrons. The van der Waals surface area contributed by atoms with Crippen LogP contribution in [-0.4, -0.2) is 76.1 Å². The Balaban J connectivity index is 0.000000168. The number of fused-ring (bicyclic) bond motifs is 6. The predicted octanol–water partition coefficient (Wildman–Crippen LogP) is 12.5. The topological polar surface area (TPSA) is 124 Å². The summed E-state index contributed by atoms with van der Waals surface area (Å²) in [4.78, 5) is 55.5. The summed E-state index contributed by atoms with van der Waals surface area (Å²) < 4.78 is 38.7. The average molecular weight is 963 g/mol. The quantitative estimate of drug-likeness (QED) is 0.153. The van der Waals surface area contributed by atoms with Gasteiger partial charge in [0.1, 0.15) is 0 Å². The van der Waals surface area contributed by atoms with Gasteiger partial charge < -0.3 is 27.8 Å². The SMILES string of the molecule is CC1=C[C@]23C(=O)[C@@H]([C@H](O[Si](C)(C)C(C)(C)C)[C@H](C)[C@H]4OC(=O)O[C@]42C1)[C@H]1[C@@H](C[C@H]3C)C1(C)C.CC1=C[C@]23C(=O)[C@@H]([C@H](O[Si](C)(C)C(C)(C)C)[C@H](C)[C@H]4OC(=O)O[C@]42[C@H]1C)[C@H]1[C@@H](C[C@H]3C)C1(C)C. The summed E-state index contributed by atoms with van der Waals surface area (Å²) in [5, 5.41) is 0.0274. The van der Waals surface area contributed by atoms with Gasteiger partial charge in [0, 0.05) is 36.0 Å². The lowest BCUT2D eigenvalue weighted by molar-refractivity contribution is -0.154. The molecule has 19 atom stereocenters. The van der Waals surface area contributed by atoms with Gasteiger partial charge in [-0.2, -0.15) is 0 Å². The Labute approximate surface area is 404 Å². The molecule has 0 aromatic heterocycles. The summed E-state index contributed by atoms with van der Waals surface area (Å²) in [5.74, 6) is 1.41. The number of rotatable bonds is 4. The van der Waals surface area contributed by atoms with Crippen molar-refractivity contribution in [2.24, 2.45) is 86.8 Å². The third-order valence-corrected chi connectivity index (χ3v) is 31.4. The maximum Gasteiger partial charge on any atom is 0.509 e. The molecule has 10 rings (SSSR count). The zero-order valence-corrected chi connectivity index (χ0v) is 47.0. The van der Waals surface area contributed by atoms with Gasteiger partial charge in [-0.3, -0.25) is 9.59 Å². The average Bonchev–Trinajstić information content (AvgIpc) is 3.58. The second-order valence-corrected chi connectivity index (χ2v) is 37.9. The van der Waals surface area contributed by atoms with E-state index in [1.807, 2.05) is 0 Å². The molecule has 4 bridgehead atoms. The number of ether oxygens (including phenoxy) is 4. The lowest BCUT2D eigenvalue weighted by Gasteiger charge is -2.47. The minimum absolute atomic E-state index is 0.0104. The van der Waals surface area contributed by atoms with Gasteiger partial charge in [0.05, 0.1) is 23.0 Å². The Morgan fingerprint density at radius 1 is 0.612 bits per heavy atom. The fourth-order valence-electron chi connectivity index (χ4n) is 16.5. The minimum Gasteiger partial charge on any atom is -0.426 e. The van der Waals surface area contributed by atoms with E-state index in [1.54, 1.807) is 0 Å². The second-order valence-electron chi connectivity index (χ2n) is 28.3. The first kappa shape index (κ1) is 49.7.